The molecule has 84 valence electrons. The summed E-state index contributed by atoms with van der Waals surface area (Å²) in [6.45, 7) is 1.02. The lowest BCUT2D eigenvalue weighted by molar-refractivity contribution is 0.630. The number of anilines is 1. The molecule has 16 heavy (non-hydrogen) atoms. The van der Waals surface area contributed by atoms with E-state index >= 15 is 0 Å². The SMILES string of the molecule is c1cn2nccc2c(NCC2CCSC2)n1. The maximum atomic E-state index is 4.36. The van der Waals surface area contributed by atoms with E-state index < -0.39 is 0 Å². The van der Waals surface area contributed by atoms with Gasteiger partial charge in [0, 0.05) is 18.9 Å². The number of nitrogens with one attached hydrogen (secondary N) is 1. The van der Waals surface area contributed by atoms with Gasteiger partial charge in [0.1, 0.15) is 5.52 Å². The zero-order valence-corrected chi connectivity index (χ0v) is 9.78. The number of thioether (sulfide) groups is 1. The van der Waals surface area contributed by atoms with Gasteiger partial charge in [-0.2, -0.15) is 16.9 Å². The van der Waals surface area contributed by atoms with Crippen molar-refractivity contribution >= 4 is 23.1 Å². The van der Waals surface area contributed by atoms with Crippen molar-refractivity contribution in [3.63, 3.8) is 0 Å². The van der Waals surface area contributed by atoms with Crippen LogP contribution in [-0.4, -0.2) is 32.6 Å². The number of aromatic nitrogens is 3. The number of hydrogen-bond donors (Lipinski definition) is 1. The van der Waals surface area contributed by atoms with Crippen LogP contribution in [0.4, 0.5) is 5.82 Å². The van der Waals surface area contributed by atoms with Crippen molar-refractivity contribution in [1.29, 1.82) is 0 Å². The van der Waals surface area contributed by atoms with Crippen LogP contribution in [0.1, 0.15) is 6.42 Å². The third-order valence-electron chi connectivity index (χ3n) is 2.91. The molecule has 1 aliphatic rings. The van der Waals surface area contributed by atoms with Gasteiger partial charge in [-0.25, -0.2) is 9.50 Å². The Labute approximate surface area is 98.4 Å². The van der Waals surface area contributed by atoms with Crippen molar-refractivity contribution in [1.82, 2.24) is 14.6 Å². The minimum Gasteiger partial charge on any atom is -0.368 e. The topological polar surface area (TPSA) is 42.2 Å². The van der Waals surface area contributed by atoms with Crippen LogP contribution in [0.2, 0.25) is 0 Å². The molecule has 4 nitrogen and oxygen atoms in total. The lowest BCUT2D eigenvalue weighted by atomic mass is 10.1. The van der Waals surface area contributed by atoms with Gasteiger partial charge in [0.25, 0.3) is 0 Å². The molecule has 3 rings (SSSR count). The zero-order valence-electron chi connectivity index (χ0n) is 8.97. The van der Waals surface area contributed by atoms with Crippen LogP contribution in [-0.2, 0) is 0 Å². The minimum atomic E-state index is 0.787. The molecule has 0 amide bonds. The molecular formula is C11H14N4S. The Bertz CT molecular complexity index is 476. The van der Waals surface area contributed by atoms with E-state index in [1.165, 1.54) is 17.9 Å². The quantitative estimate of drug-likeness (QED) is 0.880. The van der Waals surface area contributed by atoms with E-state index in [1.54, 1.807) is 12.4 Å². The smallest absolute Gasteiger partial charge is 0.152 e. The summed E-state index contributed by atoms with van der Waals surface area (Å²) in [6.07, 6.45) is 6.77. The van der Waals surface area contributed by atoms with Gasteiger partial charge in [-0.3, -0.25) is 0 Å². The second kappa shape index (κ2) is 4.33. The number of rotatable bonds is 3. The van der Waals surface area contributed by atoms with Crippen LogP contribution in [0, 0.1) is 5.92 Å². The zero-order chi connectivity index (χ0) is 10.8. The lowest BCUT2D eigenvalue weighted by Crippen LogP contribution is -2.14. The highest BCUT2D eigenvalue weighted by atomic mass is 32.2. The van der Waals surface area contributed by atoms with Crippen molar-refractivity contribution in [3.8, 4) is 0 Å². The first kappa shape index (κ1) is 9.96. The van der Waals surface area contributed by atoms with Gasteiger partial charge in [-0.05, 0) is 29.9 Å². The Hall–Kier alpha value is -1.23. The summed E-state index contributed by atoms with van der Waals surface area (Å²) >= 11 is 2.04. The van der Waals surface area contributed by atoms with Gasteiger partial charge in [0.05, 0.1) is 6.20 Å². The summed E-state index contributed by atoms with van der Waals surface area (Å²) in [5.41, 5.74) is 1.05. The van der Waals surface area contributed by atoms with Crippen LogP contribution in [0.3, 0.4) is 0 Å². The van der Waals surface area contributed by atoms with E-state index in [0.29, 0.717) is 0 Å². The van der Waals surface area contributed by atoms with Crippen molar-refractivity contribution in [2.45, 2.75) is 6.42 Å². The van der Waals surface area contributed by atoms with Crippen molar-refractivity contribution in [2.24, 2.45) is 5.92 Å². The normalized spacial score (nSPS) is 20.4. The number of fused-ring (bicyclic) bond motifs is 1. The maximum Gasteiger partial charge on any atom is 0.152 e. The predicted octanol–water partition coefficient (Wildman–Crippen LogP) is 1.89. The van der Waals surface area contributed by atoms with Crippen LogP contribution in [0.25, 0.3) is 5.52 Å². The molecule has 0 spiro atoms. The van der Waals surface area contributed by atoms with E-state index in [4.69, 9.17) is 0 Å². The molecule has 1 unspecified atom stereocenters. The molecule has 1 saturated heterocycles. The first-order valence-electron chi connectivity index (χ1n) is 5.53. The average Bonchev–Trinajstić information content (AvgIpc) is 2.97. The summed E-state index contributed by atoms with van der Waals surface area (Å²) in [5, 5.41) is 7.62. The van der Waals surface area contributed by atoms with Crippen molar-refractivity contribution < 1.29 is 0 Å². The van der Waals surface area contributed by atoms with E-state index in [-0.39, 0.29) is 0 Å². The average molecular weight is 234 g/mol. The van der Waals surface area contributed by atoms with Gasteiger partial charge in [-0.1, -0.05) is 0 Å². The summed E-state index contributed by atoms with van der Waals surface area (Å²) in [6, 6.07) is 1.98. The molecule has 0 radical (unpaired) electrons. The Balaban J connectivity index is 1.75. The van der Waals surface area contributed by atoms with E-state index in [0.717, 1.165) is 23.8 Å². The molecule has 1 fully saturated rings. The first-order valence-corrected chi connectivity index (χ1v) is 6.69. The number of nitrogens with zero attached hydrogens (tertiary/aromatic N) is 3. The highest BCUT2D eigenvalue weighted by Crippen LogP contribution is 2.24. The fraction of sp³-hybridized carbons (Fsp3) is 0.455. The highest BCUT2D eigenvalue weighted by Gasteiger charge is 2.15. The minimum absolute atomic E-state index is 0.787. The van der Waals surface area contributed by atoms with Gasteiger partial charge < -0.3 is 5.32 Å². The molecule has 5 heteroatoms. The lowest BCUT2D eigenvalue weighted by Gasteiger charge is -2.11. The second-order valence-electron chi connectivity index (χ2n) is 4.05. The second-order valence-corrected chi connectivity index (χ2v) is 5.20. The van der Waals surface area contributed by atoms with Crippen LogP contribution in [0.15, 0.2) is 24.7 Å². The molecule has 1 aliphatic heterocycles. The Kier molecular flexibility index (Phi) is 2.70. The fourth-order valence-electron chi connectivity index (χ4n) is 1.98. The number of hydrogen-bond acceptors (Lipinski definition) is 4. The van der Waals surface area contributed by atoms with Gasteiger partial charge in [0.15, 0.2) is 5.82 Å². The standard InChI is InChI=1S/C11H14N4S/c1-3-14-15-5-4-12-11(10(1)15)13-7-9-2-6-16-8-9/h1,3-5,9H,2,6-8H2,(H,12,13). The van der Waals surface area contributed by atoms with E-state index in [1.807, 2.05) is 28.5 Å². The van der Waals surface area contributed by atoms with Crippen LogP contribution in [0.5, 0.6) is 0 Å². The van der Waals surface area contributed by atoms with E-state index in [2.05, 4.69) is 15.4 Å². The largest absolute Gasteiger partial charge is 0.368 e. The summed E-state index contributed by atoms with van der Waals surface area (Å²) in [4.78, 5) is 4.36. The monoisotopic (exact) mass is 234 g/mol. The van der Waals surface area contributed by atoms with Crippen molar-refractivity contribution in [2.75, 3.05) is 23.4 Å². The molecule has 2 aromatic rings. The Morgan fingerprint density at radius 2 is 2.50 bits per heavy atom. The van der Waals surface area contributed by atoms with E-state index in [9.17, 15) is 0 Å². The molecular weight excluding hydrogens is 220 g/mol. The molecule has 0 bridgehead atoms. The Morgan fingerprint density at radius 1 is 1.50 bits per heavy atom. The third kappa shape index (κ3) is 1.87. The third-order valence-corrected chi connectivity index (χ3v) is 4.14. The summed E-state index contributed by atoms with van der Waals surface area (Å²) in [7, 11) is 0. The fourth-order valence-corrected chi connectivity index (χ4v) is 3.26. The first-order chi connectivity index (χ1) is 7.93. The summed E-state index contributed by atoms with van der Waals surface area (Å²) < 4.78 is 1.85. The van der Waals surface area contributed by atoms with Crippen molar-refractivity contribution in [3.05, 3.63) is 24.7 Å². The molecule has 0 saturated carbocycles. The predicted molar refractivity (Wildman–Crippen MR) is 66.9 cm³/mol. The molecule has 3 heterocycles. The van der Waals surface area contributed by atoms with Crippen LogP contribution >= 0.6 is 11.8 Å². The molecule has 0 aliphatic carbocycles. The Morgan fingerprint density at radius 3 is 3.38 bits per heavy atom. The molecule has 2 aromatic heterocycles. The molecule has 1 atom stereocenters. The molecule has 1 N–H and O–H groups in total. The molecule has 0 aromatic carbocycles. The van der Waals surface area contributed by atoms with Gasteiger partial charge in [0.2, 0.25) is 0 Å². The highest BCUT2D eigenvalue weighted by molar-refractivity contribution is 7.99. The maximum absolute atomic E-state index is 4.36. The van der Waals surface area contributed by atoms with Gasteiger partial charge >= 0.3 is 0 Å². The van der Waals surface area contributed by atoms with Gasteiger partial charge in [-0.15, -0.1) is 0 Å². The summed E-state index contributed by atoms with van der Waals surface area (Å²) in [5.74, 6) is 4.30. The van der Waals surface area contributed by atoms with Crippen LogP contribution < -0.4 is 5.32 Å².